The zero-order valence-corrected chi connectivity index (χ0v) is 10.5. The summed E-state index contributed by atoms with van der Waals surface area (Å²) in [5.74, 6) is 0. The second-order valence-corrected chi connectivity index (χ2v) is 4.52. The standard InChI is InChI=1S/C12H13N3OS/c1-8-5-9(3-4-13-8)6-10-7-14-12(17-2)15-11(10)16/h3-5,7H,6H2,1-2H3,(H,14,15,16). The number of thioether (sulfide) groups is 1. The first-order valence-corrected chi connectivity index (χ1v) is 6.45. The molecule has 88 valence electrons. The maximum atomic E-state index is 11.8. The van der Waals surface area contributed by atoms with Gasteiger partial charge in [0.25, 0.3) is 5.56 Å². The van der Waals surface area contributed by atoms with Crippen molar-refractivity contribution >= 4 is 11.8 Å². The number of nitrogens with zero attached hydrogens (tertiary/aromatic N) is 2. The van der Waals surface area contributed by atoms with E-state index in [1.165, 1.54) is 11.8 Å². The van der Waals surface area contributed by atoms with Crippen molar-refractivity contribution in [2.75, 3.05) is 6.26 Å². The van der Waals surface area contributed by atoms with E-state index >= 15 is 0 Å². The molecule has 0 saturated heterocycles. The number of aryl methyl sites for hydroxylation is 1. The van der Waals surface area contributed by atoms with Crippen LogP contribution < -0.4 is 5.56 Å². The van der Waals surface area contributed by atoms with Crippen LogP contribution in [0.25, 0.3) is 0 Å². The lowest BCUT2D eigenvalue weighted by atomic mass is 10.1. The molecule has 0 amide bonds. The number of H-pyrrole nitrogens is 1. The lowest BCUT2D eigenvalue weighted by Gasteiger charge is -2.02. The molecular formula is C12H13N3OS. The fourth-order valence-corrected chi connectivity index (χ4v) is 1.92. The predicted molar refractivity (Wildman–Crippen MR) is 68.4 cm³/mol. The minimum Gasteiger partial charge on any atom is -0.301 e. The van der Waals surface area contributed by atoms with Gasteiger partial charge in [0.15, 0.2) is 5.16 Å². The molecule has 0 aromatic carbocycles. The maximum Gasteiger partial charge on any atom is 0.255 e. The van der Waals surface area contributed by atoms with Crippen molar-refractivity contribution < 1.29 is 0 Å². The van der Waals surface area contributed by atoms with E-state index in [0.29, 0.717) is 17.1 Å². The van der Waals surface area contributed by atoms with Crippen LogP contribution >= 0.6 is 11.8 Å². The maximum absolute atomic E-state index is 11.8. The lowest BCUT2D eigenvalue weighted by molar-refractivity contribution is 0.901. The minimum absolute atomic E-state index is 0.0705. The fraction of sp³-hybridized carbons (Fsp3) is 0.250. The highest BCUT2D eigenvalue weighted by atomic mass is 32.2. The molecule has 2 aromatic heterocycles. The molecule has 0 atom stereocenters. The van der Waals surface area contributed by atoms with Crippen molar-refractivity contribution in [3.63, 3.8) is 0 Å². The van der Waals surface area contributed by atoms with E-state index in [-0.39, 0.29) is 5.56 Å². The number of hydrogen-bond donors (Lipinski definition) is 1. The van der Waals surface area contributed by atoms with Gasteiger partial charge in [-0.05, 0) is 30.9 Å². The molecule has 0 saturated carbocycles. The van der Waals surface area contributed by atoms with Gasteiger partial charge in [0.05, 0.1) is 0 Å². The number of pyridine rings is 1. The summed E-state index contributed by atoms with van der Waals surface area (Å²) in [6.07, 6.45) is 5.85. The van der Waals surface area contributed by atoms with Gasteiger partial charge in [0, 0.05) is 30.1 Å². The van der Waals surface area contributed by atoms with Gasteiger partial charge in [-0.25, -0.2) is 4.98 Å². The third-order valence-electron chi connectivity index (χ3n) is 2.40. The smallest absolute Gasteiger partial charge is 0.255 e. The van der Waals surface area contributed by atoms with Crippen LogP contribution in [-0.2, 0) is 6.42 Å². The Balaban J connectivity index is 2.27. The molecule has 0 aliphatic carbocycles. The molecule has 0 spiro atoms. The summed E-state index contributed by atoms with van der Waals surface area (Å²) < 4.78 is 0. The topological polar surface area (TPSA) is 58.6 Å². The van der Waals surface area contributed by atoms with E-state index < -0.39 is 0 Å². The Morgan fingerprint density at radius 2 is 2.24 bits per heavy atom. The van der Waals surface area contributed by atoms with Gasteiger partial charge in [-0.3, -0.25) is 9.78 Å². The summed E-state index contributed by atoms with van der Waals surface area (Å²) in [7, 11) is 0. The Morgan fingerprint density at radius 1 is 1.41 bits per heavy atom. The van der Waals surface area contributed by atoms with Gasteiger partial charge >= 0.3 is 0 Å². The van der Waals surface area contributed by atoms with Crippen molar-refractivity contribution in [1.29, 1.82) is 0 Å². The van der Waals surface area contributed by atoms with Gasteiger partial charge in [-0.15, -0.1) is 0 Å². The van der Waals surface area contributed by atoms with Gasteiger partial charge in [0.2, 0.25) is 0 Å². The first kappa shape index (κ1) is 11.9. The van der Waals surface area contributed by atoms with Crippen molar-refractivity contribution in [2.45, 2.75) is 18.5 Å². The summed E-state index contributed by atoms with van der Waals surface area (Å²) in [6.45, 7) is 1.93. The average molecular weight is 247 g/mol. The van der Waals surface area contributed by atoms with Crippen LogP contribution in [0.4, 0.5) is 0 Å². The normalized spacial score (nSPS) is 10.5. The number of aromatic nitrogens is 3. The minimum atomic E-state index is -0.0705. The zero-order chi connectivity index (χ0) is 12.3. The monoisotopic (exact) mass is 247 g/mol. The summed E-state index contributed by atoms with van der Waals surface area (Å²) in [5, 5.41) is 0.643. The molecule has 4 nitrogen and oxygen atoms in total. The first-order valence-electron chi connectivity index (χ1n) is 5.23. The summed E-state index contributed by atoms with van der Waals surface area (Å²) in [5.41, 5.74) is 2.63. The zero-order valence-electron chi connectivity index (χ0n) is 9.73. The second kappa shape index (κ2) is 5.14. The van der Waals surface area contributed by atoms with E-state index in [0.717, 1.165) is 11.3 Å². The van der Waals surface area contributed by atoms with Crippen molar-refractivity contribution in [3.05, 3.63) is 51.7 Å². The lowest BCUT2D eigenvalue weighted by Crippen LogP contribution is -2.14. The number of hydrogen-bond acceptors (Lipinski definition) is 4. The molecule has 0 aliphatic rings. The number of aromatic amines is 1. The summed E-state index contributed by atoms with van der Waals surface area (Å²) >= 11 is 1.42. The Kier molecular flexibility index (Phi) is 3.58. The van der Waals surface area contributed by atoms with Crippen LogP contribution in [0.1, 0.15) is 16.8 Å². The highest BCUT2D eigenvalue weighted by Crippen LogP contribution is 2.08. The molecule has 2 rings (SSSR count). The third-order valence-corrected chi connectivity index (χ3v) is 2.99. The van der Waals surface area contributed by atoms with E-state index in [9.17, 15) is 4.79 Å². The summed E-state index contributed by atoms with van der Waals surface area (Å²) in [4.78, 5) is 22.8. The Hall–Kier alpha value is -1.62. The van der Waals surface area contributed by atoms with Crippen LogP contribution in [0.3, 0.4) is 0 Å². The molecular weight excluding hydrogens is 234 g/mol. The molecule has 0 fully saturated rings. The molecule has 0 unspecified atom stereocenters. The largest absolute Gasteiger partial charge is 0.301 e. The fourth-order valence-electron chi connectivity index (χ4n) is 1.57. The molecule has 2 heterocycles. The van der Waals surface area contributed by atoms with Gasteiger partial charge in [0.1, 0.15) is 0 Å². The van der Waals surface area contributed by atoms with Crippen LogP contribution in [0.2, 0.25) is 0 Å². The molecule has 2 aromatic rings. The quantitative estimate of drug-likeness (QED) is 0.663. The highest BCUT2D eigenvalue weighted by Gasteiger charge is 2.03. The molecule has 0 bridgehead atoms. The predicted octanol–water partition coefficient (Wildman–Crippen LogP) is 1.79. The molecule has 5 heteroatoms. The van der Waals surface area contributed by atoms with E-state index in [2.05, 4.69) is 15.0 Å². The van der Waals surface area contributed by atoms with E-state index in [1.807, 2.05) is 25.3 Å². The van der Waals surface area contributed by atoms with Crippen LogP contribution in [-0.4, -0.2) is 21.2 Å². The van der Waals surface area contributed by atoms with Crippen molar-refractivity contribution in [1.82, 2.24) is 15.0 Å². The molecule has 1 N–H and O–H groups in total. The van der Waals surface area contributed by atoms with Crippen LogP contribution in [0.5, 0.6) is 0 Å². The first-order chi connectivity index (χ1) is 8.19. The van der Waals surface area contributed by atoms with E-state index in [4.69, 9.17) is 0 Å². The van der Waals surface area contributed by atoms with Gasteiger partial charge in [-0.2, -0.15) is 0 Å². The van der Waals surface area contributed by atoms with Gasteiger partial charge in [-0.1, -0.05) is 11.8 Å². The number of nitrogens with one attached hydrogen (secondary N) is 1. The highest BCUT2D eigenvalue weighted by molar-refractivity contribution is 7.98. The van der Waals surface area contributed by atoms with Crippen LogP contribution in [0, 0.1) is 6.92 Å². The van der Waals surface area contributed by atoms with Crippen LogP contribution in [0.15, 0.2) is 34.5 Å². The summed E-state index contributed by atoms with van der Waals surface area (Å²) in [6, 6.07) is 3.89. The molecule has 0 radical (unpaired) electrons. The van der Waals surface area contributed by atoms with Gasteiger partial charge < -0.3 is 4.98 Å². The average Bonchev–Trinajstić information content (AvgIpc) is 2.32. The Labute approximate surface area is 104 Å². The number of rotatable bonds is 3. The Morgan fingerprint density at radius 3 is 2.88 bits per heavy atom. The van der Waals surface area contributed by atoms with Crippen molar-refractivity contribution in [2.24, 2.45) is 0 Å². The third kappa shape index (κ3) is 2.94. The van der Waals surface area contributed by atoms with Crippen molar-refractivity contribution in [3.8, 4) is 0 Å². The molecule has 17 heavy (non-hydrogen) atoms. The molecule has 0 aliphatic heterocycles. The Bertz CT molecular complexity index is 580. The van der Waals surface area contributed by atoms with E-state index in [1.54, 1.807) is 12.4 Å². The SMILES string of the molecule is CSc1ncc(Cc2ccnc(C)c2)c(=O)[nH]1. The second-order valence-electron chi connectivity index (χ2n) is 3.73.